The van der Waals surface area contributed by atoms with Crippen LogP contribution in [0.25, 0.3) is 0 Å². The predicted octanol–water partition coefficient (Wildman–Crippen LogP) is 4.08. The second kappa shape index (κ2) is 18.2. The molecule has 0 radical (unpaired) electrons. The standard InChI is InChI=1S/2C15H25Si.2ClH.Zr/c2*1-3-5-7-14-8-9-15(13-14)16(10-4-2)11-6-12-16;;;/h2*9H,3-8,10-12H2,1-2H3;2*1H;/q2*-1;;;+4/p-2. The van der Waals surface area contributed by atoms with E-state index in [2.05, 4.69) is 52.0 Å². The van der Waals surface area contributed by atoms with E-state index in [-0.39, 0.29) is 51.0 Å². The van der Waals surface area contributed by atoms with Crippen LogP contribution in [0.5, 0.6) is 0 Å². The molecule has 196 valence electrons. The van der Waals surface area contributed by atoms with Crippen LogP contribution in [0.4, 0.5) is 0 Å². The smallest absolute Gasteiger partial charge is 1.00 e. The zero-order valence-corrected chi connectivity index (χ0v) is 29.1. The summed E-state index contributed by atoms with van der Waals surface area (Å²) < 4.78 is 0. The van der Waals surface area contributed by atoms with Gasteiger partial charge in [-0.25, -0.2) is 22.5 Å². The Kier molecular flexibility index (Phi) is 18.6. The van der Waals surface area contributed by atoms with Crippen molar-refractivity contribution in [2.45, 2.75) is 141 Å². The molecule has 2 fully saturated rings. The van der Waals surface area contributed by atoms with Crippen LogP contribution in [0.2, 0.25) is 36.3 Å². The molecule has 0 bridgehead atoms. The van der Waals surface area contributed by atoms with Crippen LogP contribution in [-0.4, -0.2) is 16.1 Å². The van der Waals surface area contributed by atoms with Crippen molar-refractivity contribution in [1.29, 1.82) is 0 Å². The minimum atomic E-state index is -0.962. The fourth-order valence-electron chi connectivity index (χ4n) is 6.32. The number of halogens is 2. The van der Waals surface area contributed by atoms with Gasteiger partial charge in [-0.2, -0.15) is 11.1 Å². The summed E-state index contributed by atoms with van der Waals surface area (Å²) >= 11 is 0. The quantitative estimate of drug-likeness (QED) is 0.226. The summed E-state index contributed by atoms with van der Waals surface area (Å²) in [5, 5.41) is 3.43. The number of rotatable bonds is 12. The minimum absolute atomic E-state index is 0. The number of allylic oxidation sites excluding steroid dienone is 8. The van der Waals surface area contributed by atoms with E-state index in [1.807, 2.05) is 0 Å². The van der Waals surface area contributed by atoms with Crippen molar-refractivity contribution >= 4 is 16.1 Å². The van der Waals surface area contributed by atoms with E-state index in [1.165, 1.54) is 89.1 Å². The maximum atomic E-state index is 3.79. The molecule has 0 aromatic carbocycles. The van der Waals surface area contributed by atoms with Crippen LogP contribution < -0.4 is 24.8 Å². The maximum absolute atomic E-state index is 3.79. The summed E-state index contributed by atoms with van der Waals surface area (Å²) in [5.74, 6) is 0. The van der Waals surface area contributed by atoms with Crippen LogP contribution in [0, 0.1) is 12.2 Å². The van der Waals surface area contributed by atoms with Gasteiger partial charge in [0, 0.05) is 16.1 Å². The zero-order valence-electron chi connectivity index (χ0n) is 23.1. The van der Waals surface area contributed by atoms with Gasteiger partial charge in [-0.15, -0.1) is 0 Å². The van der Waals surface area contributed by atoms with Crippen molar-refractivity contribution in [2.24, 2.45) is 0 Å². The molecule has 4 rings (SSSR count). The second-order valence-electron chi connectivity index (χ2n) is 11.1. The van der Waals surface area contributed by atoms with E-state index >= 15 is 0 Å². The van der Waals surface area contributed by atoms with Crippen LogP contribution in [0.15, 0.2) is 33.7 Å². The first-order valence-corrected chi connectivity index (χ1v) is 19.5. The number of hydrogen-bond donors (Lipinski definition) is 0. The van der Waals surface area contributed by atoms with Gasteiger partial charge in [0.15, 0.2) is 0 Å². The molecule has 0 N–H and O–H groups in total. The van der Waals surface area contributed by atoms with Crippen molar-refractivity contribution in [3.63, 3.8) is 0 Å². The summed E-state index contributed by atoms with van der Waals surface area (Å²) in [4.78, 5) is 0. The fourth-order valence-corrected chi connectivity index (χ4v) is 15.2. The molecule has 0 saturated carbocycles. The third-order valence-electron chi connectivity index (χ3n) is 8.61. The summed E-state index contributed by atoms with van der Waals surface area (Å²) in [7, 11) is -1.92. The third kappa shape index (κ3) is 9.52. The van der Waals surface area contributed by atoms with Gasteiger partial charge < -0.3 is 24.8 Å². The van der Waals surface area contributed by atoms with Gasteiger partial charge in [-0.1, -0.05) is 141 Å². The van der Waals surface area contributed by atoms with Gasteiger partial charge in [0.05, 0.1) is 0 Å². The molecule has 0 amide bonds. The molecule has 4 aliphatic rings. The van der Waals surface area contributed by atoms with Gasteiger partial charge >= 0.3 is 26.2 Å². The topological polar surface area (TPSA) is 0 Å². The Morgan fingerprint density at radius 2 is 1.00 bits per heavy atom. The molecule has 2 saturated heterocycles. The van der Waals surface area contributed by atoms with Crippen LogP contribution in [0.3, 0.4) is 0 Å². The van der Waals surface area contributed by atoms with Crippen molar-refractivity contribution in [3.05, 3.63) is 45.8 Å². The minimum Gasteiger partial charge on any atom is -1.00 e. The van der Waals surface area contributed by atoms with E-state index in [9.17, 15) is 0 Å². The van der Waals surface area contributed by atoms with E-state index in [0.29, 0.717) is 0 Å². The summed E-state index contributed by atoms with van der Waals surface area (Å²) in [6.07, 6.45) is 28.8. The molecule has 0 aromatic heterocycles. The Morgan fingerprint density at radius 3 is 1.26 bits per heavy atom. The first-order valence-electron chi connectivity index (χ1n) is 14.3. The largest absolute Gasteiger partial charge is 4.00 e. The molecular weight excluding hydrogens is 579 g/mol. The average molecular weight is 629 g/mol. The molecule has 5 heteroatoms. The molecule has 0 aromatic rings. The van der Waals surface area contributed by atoms with Crippen LogP contribution >= 0.6 is 0 Å². The molecular formula is C30H50Cl2Si2Zr. The van der Waals surface area contributed by atoms with Crippen LogP contribution in [-0.2, 0) is 26.2 Å². The SMILES string of the molecule is CCCCC1=[C-]C([Si]2(CCC)CCC2)=CC1.CCCCC1=[C-]C([Si]2(CCC)CCC2)=CC1.[Cl-].[Cl-].[Zr+4]. The predicted molar refractivity (Wildman–Crippen MR) is 148 cm³/mol. The molecule has 2 aliphatic heterocycles. The summed E-state index contributed by atoms with van der Waals surface area (Å²) in [5.41, 5.74) is 3.21. The molecule has 35 heavy (non-hydrogen) atoms. The molecule has 0 spiro atoms. The molecule has 0 atom stereocenters. The molecule has 0 nitrogen and oxygen atoms in total. The summed E-state index contributed by atoms with van der Waals surface area (Å²) in [6.45, 7) is 9.26. The zero-order chi connectivity index (χ0) is 22.9. The first kappa shape index (κ1) is 35.9. The van der Waals surface area contributed by atoms with E-state index in [1.54, 1.807) is 45.7 Å². The Hall–Kier alpha value is 0.857. The monoisotopic (exact) mass is 626 g/mol. The van der Waals surface area contributed by atoms with Gasteiger partial charge in [-0.3, -0.25) is 12.2 Å². The van der Waals surface area contributed by atoms with Crippen molar-refractivity contribution < 1.29 is 51.0 Å². The third-order valence-corrected chi connectivity index (χ3v) is 19.7. The Bertz CT molecular complexity index is 669. The Balaban J connectivity index is 0.000000608. The van der Waals surface area contributed by atoms with Gasteiger partial charge in [0.1, 0.15) is 0 Å². The average Bonchev–Trinajstić information content (AvgIpc) is 3.41. The normalized spacial score (nSPS) is 20.7. The van der Waals surface area contributed by atoms with Crippen LogP contribution in [0.1, 0.15) is 105 Å². The Morgan fingerprint density at radius 1 is 0.629 bits per heavy atom. The van der Waals surface area contributed by atoms with E-state index < -0.39 is 16.1 Å². The summed E-state index contributed by atoms with van der Waals surface area (Å²) in [6, 6.07) is 9.27. The first-order chi connectivity index (χ1) is 15.6. The van der Waals surface area contributed by atoms with E-state index in [4.69, 9.17) is 0 Å². The molecule has 2 aliphatic carbocycles. The van der Waals surface area contributed by atoms with Gasteiger partial charge in [-0.05, 0) is 0 Å². The van der Waals surface area contributed by atoms with Gasteiger partial charge in [0.2, 0.25) is 0 Å². The second-order valence-corrected chi connectivity index (χ2v) is 20.3. The van der Waals surface area contributed by atoms with Gasteiger partial charge in [0.25, 0.3) is 0 Å². The number of hydrogen-bond acceptors (Lipinski definition) is 0. The molecule has 2 heterocycles. The van der Waals surface area contributed by atoms with Crippen molar-refractivity contribution in [1.82, 2.24) is 0 Å². The van der Waals surface area contributed by atoms with Crippen molar-refractivity contribution in [2.75, 3.05) is 0 Å². The van der Waals surface area contributed by atoms with E-state index in [0.717, 1.165) is 0 Å². The number of unbranched alkanes of at least 4 members (excludes halogenated alkanes) is 2. The maximum Gasteiger partial charge on any atom is 4.00 e. The molecule has 0 unspecified atom stereocenters. The fraction of sp³-hybridized carbons (Fsp3) is 0.733. The van der Waals surface area contributed by atoms with Crippen molar-refractivity contribution in [3.8, 4) is 0 Å². The Labute approximate surface area is 252 Å².